The van der Waals surface area contributed by atoms with Gasteiger partial charge in [0.05, 0.1) is 12.7 Å². The third-order valence-corrected chi connectivity index (χ3v) is 5.11. The molecule has 0 aliphatic carbocycles. The number of hydrogen-bond acceptors (Lipinski definition) is 4. The van der Waals surface area contributed by atoms with Crippen LogP contribution in [0.15, 0.2) is 42.5 Å². The van der Waals surface area contributed by atoms with Crippen molar-refractivity contribution in [3.05, 3.63) is 53.6 Å². The largest absolute Gasteiger partial charge is 0.508 e. The van der Waals surface area contributed by atoms with E-state index in [0.29, 0.717) is 17.2 Å². The molecule has 3 rings (SSSR count). The second-order valence-electron chi connectivity index (χ2n) is 7.08. The molecule has 0 radical (unpaired) electrons. The van der Waals surface area contributed by atoms with Gasteiger partial charge < -0.3 is 19.8 Å². The van der Waals surface area contributed by atoms with Crippen LogP contribution in [0, 0.1) is 0 Å². The van der Waals surface area contributed by atoms with Crippen LogP contribution < -0.4 is 0 Å². The summed E-state index contributed by atoms with van der Waals surface area (Å²) in [6.45, 7) is 1.37. The monoisotopic (exact) mass is 369 g/mol. The molecule has 1 saturated heterocycles. The van der Waals surface area contributed by atoms with Gasteiger partial charge in [0.15, 0.2) is 0 Å². The average Bonchev–Trinajstić information content (AvgIpc) is 3.21. The van der Waals surface area contributed by atoms with E-state index in [2.05, 4.69) is 0 Å². The molecule has 1 heterocycles. The van der Waals surface area contributed by atoms with Crippen molar-refractivity contribution in [2.45, 2.75) is 38.4 Å². The molecule has 144 valence electrons. The van der Waals surface area contributed by atoms with Crippen molar-refractivity contribution >= 4 is 5.91 Å². The fourth-order valence-electron chi connectivity index (χ4n) is 3.45. The third-order valence-electron chi connectivity index (χ3n) is 5.11. The van der Waals surface area contributed by atoms with Crippen LogP contribution >= 0.6 is 0 Å². The molecular weight excluding hydrogens is 342 g/mol. The van der Waals surface area contributed by atoms with E-state index < -0.39 is 0 Å². The maximum absolute atomic E-state index is 12.6. The summed E-state index contributed by atoms with van der Waals surface area (Å²) >= 11 is 0. The Morgan fingerprint density at radius 3 is 2.59 bits per heavy atom. The Hall–Kier alpha value is -2.37. The van der Waals surface area contributed by atoms with Crippen LogP contribution in [-0.4, -0.2) is 47.3 Å². The van der Waals surface area contributed by atoms with Crippen molar-refractivity contribution in [2.24, 2.45) is 0 Å². The zero-order valence-electron chi connectivity index (χ0n) is 15.7. The Balaban J connectivity index is 1.59. The van der Waals surface area contributed by atoms with Crippen LogP contribution in [0.3, 0.4) is 0 Å². The minimum Gasteiger partial charge on any atom is -0.508 e. The summed E-state index contributed by atoms with van der Waals surface area (Å²) in [5.74, 6) is 0.0910. The lowest BCUT2D eigenvalue weighted by Crippen LogP contribution is -2.28. The van der Waals surface area contributed by atoms with Crippen molar-refractivity contribution in [1.82, 2.24) is 4.90 Å². The molecule has 1 aliphatic heterocycles. The van der Waals surface area contributed by atoms with E-state index in [4.69, 9.17) is 4.74 Å². The van der Waals surface area contributed by atoms with E-state index in [1.165, 1.54) is 0 Å². The number of ether oxygens (including phenoxy) is 1. The van der Waals surface area contributed by atoms with Crippen molar-refractivity contribution in [2.75, 3.05) is 20.2 Å². The highest BCUT2D eigenvalue weighted by Gasteiger charge is 2.16. The van der Waals surface area contributed by atoms with Crippen LogP contribution in [0.2, 0.25) is 0 Å². The molecule has 1 amide bonds. The van der Waals surface area contributed by atoms with Gasteiger partial charge in [0.25, 0.3) is 5.91 Å². The lowest BCUT2D eigenvalue weighted by atomic mass is 10.0. The highest BCUT2D eigenvalue weighted by Crippen LogP contribution is 2.26. The Morgan fingerprint density at radius 1 is 1.19 bits per heavy atom. The first kappa shape index (κ1) is 19.4. The Morgan fingerprint density at radius 2 is 1.93 bits per heavy atom. The molecule has 0 saturated carbocycles. The van der Waals surface area contributed by atoms with E-state index in [1.54, 1.807) is 23.1 Å². The summed E-state index contributed by atoms with van der Waals surface area (Å²) < 4.78 is 5.62. The van der Waals surface area contributed by atoms with Gasteiger partial charge in [-0.05, 0) is 61.1 Å². The predicted octanol–water partition coefficient (Wildman–Crippen LogP) is 3.58. The Bertz CT molecular complexity index is 766. The molecule has 2 N–H and O–H groups in total. The summed E-state index contributed by atoms with van der Waals surface area (Å²) in [5, 5.41) is 19.0. The minimum atomic E-state index is -0.215. The average molecular weight is 369 g/mol. The first-order chi connectivity index (χ1) is 13.1. The number of aliphatic hydroxyl groups excluding tert-OH is 1. The van der Waals surface area contributed by atoms with Crippen LogP contribution in [0.5, 0.6) is 5.75 Å². The smallest absolute Gasteiger partial charge is 0.253 e. The first-order valence-corrected chi connectivity index (χ1v) is 9.48. The van der Waals surface area contributed by atoms with Crippen molar-refractivity contribution in [3.63, 3.8) is 0 Å². The topological polar surface area (TPSA) is 70.0 Å². The van der Waals surface area contributed by atoms with Crippen molar-refractivity contribution < 1.29 is 19.7 Å². The number of rotatable bonds is 7. The van der Waals surface area contributed by atoms with Crippen LogP contribution in [0.4, 0.5) is 0 Å². The lowest BCUT2D eigenvalue weighted by molar-refractivity contribution is 0.0763. The van der Waals surface area contributed by atoms with E-state index in [0.717, 1.165) is 50.0 Å². The maximum atomic E-state index is 12.6. The molecule has 5 heteroatoms. The molecule has 0 bridgehead atoms. The van der Waals surface area contributed by atoms with Gasteiger partial charge in [-0.1, -0.05) is 18.2 Å². The standard InChI is InChI=1S/C22H27NO4/c1-23(12-2-4-20-5-3-13-27-20)22(26)17-8-6-16(7-9-17)18-10-11-21(25)19(14-18)15-24/h6-11,14,20,24-25H,2-5,12-13,15H2,1H3. The fourth-order valence-corrected chi connectivity index (χ4v) is 3.45. The molecule has 0 spiro atoms. The van der Waals surface area contributed by atoms with Crippen molar-refractivity contribution in [1.29, 1.82) is 0 Å². The number of amides is 1. The summed E-state index contributed by atoms with van der Waals surface area (Å²) in [6.07, 6.45) is 4.59. The number of nitrogens with zero attached hydrogens (tertiary/aromatic N) is 1. The SMILES string of the molecule is CN(CCCC1CCCO1)C(=O)c1ccc(-c2ccc(O)c(CO)c2)cc1. The highest BCUT2D eigenvalue weighted by molar-refractivity contribution is 5.94. The molecule has 2 aromatic rings. The molecule has 2 aromatic carbocycles. The highest BCUT2D eigenvalue weighted by atomic mass is 16.5. The van der Waals surface area contributed by atoms with E-state index in [9.17, 15) is 15.0 Å². The van der Waals surface area contributed by atoms with Crippen LogP contribution in [0.1, 0.15) is 41.6 Å². The van der Waals surface area contributed by atoms with Gasteiger partial charge in [0.2, 0.25) is 0 Å². The quantitative estimate of drug-likeness (QED) is 0.783. The molecule has 1 aliphatic rings. The van der Waals surface area contributed by atoms with Gasteiger partial charge in [-0.15, -0.1) is 0 Å². The molecular formula is C22H27NO4. The number of benzene rings is 2. The predicted molar refractivity (Wildman–Crippen MR) is 105 cm³/mol. The maximum Gasteiger partial charge on any atom is 0.253 e. The molecule has 1 fully saturated rings. The first-order valence-electron chi connectivity index (χ1n) is 9.48. The summed E-state index contributed by atoms with van der Waals surface area (Å²) in [7, 11) is 1.83. The van der Waals surface area contributed by atoms with Crippen LogP contribution in [0.25, 0.3) is 11.1 Å². The normalized spacial score (nSPS) is 16.4. The number of phenols is 1. The van der Waals surface area contributed by atoms with E-state index in [-0.39, 0.29) is 18.3 Å². The number of aliphatic hydroxyl groups is 1. The summed E-state index contributed by atoms with van der Waals surface area (Å²) in [6, 6.07) is 12.5. The van der Waals surface area contributed by atoms with Gasteiger partial charge in [-0.25, -0.2) is 0 Å². The molecule has 27 heavy (non-hydrogen) atoms. The third kappa shape index (κ3) is 4.87. The second kappa shape index (κ2) is 9.02. The van der Waals surface area contributed by atoms with Gasteiger partial charge in [-0.3, -0.25) is 4.79 Å². The number of carbonyl (C=O) groups is 1. The van der Waals surface area contributed by atoms with E-state index >= 15 is 0 Å². The number of aromatic hydroxyl groups is 1. The van der Waals surface area contributed by atoms with Crippen molar-refractivity contribution in [3.8, 4) is 16.9 Å². The zero-order valence-corrected chi connectivity index (χ0v) is 15.7. The molecule has 1 unspecified atom stereocenters. The lowest BCUT2D eigenvalue weighted by Gasteiger charge is -2.18. The summed E-state index contributed by atoms with van der Waals surface area (Å²) in [5.41, 5.74) is 2.96. The number of carbonyl (C=O) groups excluding carboxylic acids is 1. The molecule has 5 nitrogen and oxygen atoms in total. The van der Waals surface area contributed by atoms with E-state index in [1.807, 2.05) is 31.3 Å². The minimum absolute atomic E-state index is 0.00986. The second-order valence-corrected chi connectivity index (χ2v) is 7.08. The van der Waals surface area contributed by atoms with Gasteiger partial charge in [0.1, 0.15) is 5.75 Å². The molecule has 0 aromatic heterocycles. The Kier molecular flexibility index (Phi) is 6.48. The fraction of sp³-hybridized carbons (Fsp3) is 0.409. The zero-order chi connectivity index (χ0) is 19.2. The summed E-state index contributed by atoms with van der Waals surface area (Å²) in [4.78, 5) is 14.4. The molecule has 1 atom stereocenters. The van der Waals surface area contributed by atoms with Gasteiger partial charge in [-0.2, -0.15) is 0 Å². The van der Waals surface area contributed by atoms with Gasteiger partial charge >= 0.3 is 0 Å². The van der Waals surface area contributed by atoms with Gasteiger partial charge in [0, 0.05) is 31.3 Å². The number of hydrogen-bond donors (Lipinski definition) is 2. The van der Waals surface area contributed by atoms with Crippen LogP contribution in [-0.2, 0) is 11.3 Å². The Labute approximate surface area is 160 Å².